The van der Waals surface area contributed by atoms with Crippen molar-refractivity contribution >= 4 is 21.8 Å². The fourth-order valence-corrected chi connectivity index (χ4v) is 7.19. The first-order chi connectivity index (χ1) is 21.4. The number of sulfone groups is 1. The summed E-state index contributed by atoms with van der Waals surface area (Å²) in [4.78, 5) is 26.1. The van der Waals surface area contributed by atoms with Crippen molar-refractivity contribution in [3.05, 3.63) is 83.4 Å². The quantitative estimate of drug-likeness (QED) is 0.156. The normalized spacial score (nSPS) is 13.6. The molecule has 0 spiro atoms. The maximum Gasteiger partial charge on any atom is 0.408 e. The van der Waals surface area contributed by atoms with Crippen LogP contribution in [-0.2, 0) is 38.8 Å². The molecular weight excluding hydrogens is 604 g/mol. The van der Waals surface area contributed by atoms with Crippen LogP contribution in [0.4, 0.5) is 13.6 Å². The Balaban J connectivity index is 2.32. The molecule has 2 amide bonds. The van der Waals surface area contributed by atoms with E-state index in [0.717, 1.165) is 29.7 Å². The average Bonchev–Trinajstić information content (AvgIpc) is 2.98. The minimum absolute atomic E-state index is 0.00799. The first-order valence-electron chi connectivity index (χ1n) is 15.4. The number of alkyl carbamates (subject to hydrolysis) is 1. The zero-order chi connectivity index (χ0) is 33.4. The molecule has 0 saturated heterocycles. The van der Waals surface area contributed by atoms with Crippen molar-refractivity contribution in [1.29, 1.82) is 0 Å². The molecule has 2 aromatic rings. The smallest absolute Gasteiger partial charge is 0.408 e. The van der Waals surface area contributed by atoms with Crippen molar-refractivity contribution in [2.75, 3.05) is 18.9 Å². The second kappa shape index (κ2) is 19.2. The lowest BCUT2D eigenvalue weighted by molar-refractivity contribution is -0.124. The molecule has 3 atom stereocenters. The maximum atomic E-state index is 14.0. The number of hydrogen-bond donors (Lipinski definition) is 4. The molecule has 0 heterocycles. The number of nitrogens with one attached hydrogen (secondary N) is 3. The van der Waals surface area contributed by atoms with E-state index in [1.807, 2.05) is 45.0 Å². The van der Waals surface area contributed by atoms with E-state index in [0.29, 0.717) is 38.3 Å². The van der Waals surface area contributed by atoms with Crippen LogP contribution in [0.1, 0.15) is 63.1 Å². The largest absolute Gasteiger partial charge is 0.445 e. The summed E-state index contributed by atoms with van der Waals surface area (Å²) in [5, 5.41) is 18.6. The maximum absolute atomic E-state index is 14.0. The van der Waals surface area contributed by atoms with Gasteiger partial charge in [-0.1, -0.05) is 70.5 Å². The van der Waals surface area contributed by atoms with Crippen molar-refractivity contribution in [3.63, 3.8) is 0 Å². The highest BCUT2D eigenvalue weighted by Crippen LogP contribution is 2.18. The van der Waals surface area contributed by atoms with Crippen LogP contribution < -0.4 is 16.0 Å². The Kier molecular flexibility index (Phi) is 16.2. The molecule has 2 aromatic carbocycles. The number of hydrogen-bond acceptors (Lipinski definition) is 7. The van der Waals surface area contributed by atoms with Crippen LogP contribution in [0.2, 0.25) is 0 Å². The lowest BCUT2D eigenvalue weighted by Gasteiger charge is -2.28. The number of ether oxygens (including phenoxy) is 1. The van der Waals surface area contributed by atoms with Gasteiger partial charge >= 0.3 is 6.09 Å². The van der Waals surface area contributed by atoms with Gasteiger partial charge in [-0.2, -0.15) is 0 Å². The van der Waals surface area contributed by atoms with Crippen molar-refractivity contribution in [2.24, 2.45) is 0 Å². The molecule has 45 heavy (non-hydrogen) atoms. The lowest BCUT2D eigenvalue weighted by Crippen LogP contribution is -2.57. The average molecular weight is 652 g/mol. The summed E-state index contributed by atoms with van der Waals surface area (Å²) in [5.74, 6) is -3.24. The summed E-state index contributed by atoms with van der Waals surface area (Å²) in [7, 11) is -3.86. The fourth-order valence-electron chi connectivity index (χ4n) is 5.03. The molecule has 9 nitrogen and oxygen atoms in total. The van der Waals surface area contributed by atoms with Gasteiger partial charge in [-0.05, 0) is 54.5 Å². The number of amides is 2. The molecule has 0 aliphatic heterocycles. The molecule has 0 radical (unpaired) electrons. The number of aliphatic hydroxyl groups is 1. The fraction of sp³-hybridized carbons (Fsp3) is 0.515. The van der Waals surface area contributed by atoms with Crippen LogP contribution in [0.5, 0.6) is 0 Å². The van der Waals surface area contributed by atoms with Crippen molar-refractivity contribution in [1.82, 2.24) is 16.0 Å². The summed E-state index contributed by atoms with van der Waals surface area (Å²) >= 11 is 0. The Morgan fingerprint density at radius 2 is 1.62 bits per heavy atom. The third-order valence-electron chi connectivity index (χ3n) is 7.32. The molecule has 250 valence electrons. The van der Waals surface area contributed by atoms with Crippen LogP contribution in [0, 0.1) is 11.6 Å². The summed E-state index contributed by atoms with van der Waals surface area (Å²) in [6, 6.07) is 8.12. The van der Waals surface area contributed by atoms with E-state index in [4.69, 9.17) is 4.74 Å². The van der Waals surface area contributed by atoms with Gasteiger partial charge < -0.3 is 25.8 Å². The number of aliphatic hydroxyl groups excluding tert-OH is 1. The lowest BCUT2D eigenvalue weighted by atomic mass is 10.00. The van der Waals surface area contributed by atoms with Gasteiger partial charge in [0.2, 0.25) is 5.91 Å². The first kappa shape index (κ1) is 37.8. The van der Waals surface area contributed by atoms with Crippen molar-refractivity contribution in [2.45, 2.75) is 89.3 Å². The van der Waals surface area contributed by atoms with Gasteiger partial charge in [-0.25, -0.2) is 22.0 Å². The number of aryl methyl sites for hydroxylation is 1. The zero-order valence-corrected chi connectivity index (χ0v) is 27.2. The Labute approximate surface area is 265 Å². The highest BCUT2D eigenvalue weighted by atomic mass is 32.2. The molecule has 0 fully saturated rings. The number of carbonyl (C=O) groups is 2. The number of carbonyl (C=O) groups excluding carboxylic acids is 2. The van der Waals surface area contributed by atoms with Gasteiger partial charge in [0.25, 0.3) is 0 Å². The van der Waals surface area contributed by atoms with E-state index >= 15 is 0 Å². The third kappa shape index (κ3) is 13.3. The standard InChI is InChI=1S/C33H47F2N3O6S/c1-5-10-28(11-6-2)45(42,43)22-30(38-33(41)44-14-7-3)32(40)37-29(18-25-16-26(34)19-27(35)17-25)31(39)21-36-20-24-13-9-12-23(8-4)15-24/h7,9,12-13,15-17,19,28-31,36,39H,3,5-6,8,10-11,14,18,20-22H2,1-2,4H3,(H,37,40)(H,38,41)/t29-,30+,31+/m0/s1. The van der Waals surface area contributed by atoms with Gasteiger partial charge in [-0.15, -0.1) is 0 Å². The Morgan fingerprint density at radius 3 is 2.22 bits per heavy atom. The molecule has 0 aliphatic rings. The molecule has 0 aliphatic carbocycles. The predicted octanol–water partition coefficient (Wildman–Crippen LogP) is 4.37. The van der Waals surface area contributed by atoms with Gasteiger partial charge in [0.1, 0.15) is 24.3 Å². The molecule has 12 heteroatoms. The first-order valence-corrected chi connectivity index (χ1v) is 17.1. The minimum Gasteiger partial charge on any atom is -0.445 e. The topological polar surface area (TPSA) is 134 Å². The summed E-state index contributed by atoms with van der Waals surface area (Å²) < 4.78 is 59.8. The second-order valence-electron chi connectivity index (χ2n) is 11.1. The number of halogens is 2. The van der Waals surface area contributed by atoms with E-state index in [1.54, 1.807) is 0 Å². The molecule has 0 bridgehead atoms. The predicted molar refractivity (Wildman–Crippen MR) is 171 cm³/mol. The highest BCUT2D eigenvalue weighted by Gasteiger charge is 2.34. The van der Waals surface area contributed by atoms with Crippen LogP contribution in [0.25, 0.3) is 0 Å². The van der Waals surface area contributed by atoms with Gasteiger partial charge in [0.05, 0.1) is 23.1 Å². The van der Waals surface area contributed by atoms with Gasteiger partial charge in [0.15, 0.2) is 9.84 Å². The van der Waals surface area contributed by atoms with Crippen LogP contribution in [0.15, 0.2) is 55.1 Å². The Morgan fingerprint density at radius 1 is 0.978 bits per heavy atom. The molecule has 0 saturated carbocycles. The summed E-state index contributed by atoms with van der Waals surface area (Å²) in [6.45, 7) is 9.47. The Hall–Kier alpha value is -3.35. The van der Waals surface area contributed by atoms with E-state index in [-0.39, 0.29) is 25.1 Å². The molecule has 0 unspecified atom stereocenters. The molecule has 2 rings (SSSR count). The Bertz CT molecular complexity index is 1330. The van der Waals surface area contributed by atoms with E-state index < -0.39 is 62.7 Å². The second-order valence-corrected chi connectivity index (χ2v) is 13.4. The molecule has 0 aromatic heterocycles. The van der Waals surface area contributed by atoms with Crippen LogP contribution >= 0.6 is 0 Å². The van der Waals surface area contributed by atoms with E-state index in [1.165, 1.54) is 6.08 Å². The van der Waals surface area contributed by atoms with Gasteiger partial charge in [-0.3, -0.25) is 4.79 Å². The number of rotatable bonds is 20. The monoisotopic (exact) mass is 651 g/mol. The van der Waals surface area contributed by atoms with Crippen LogP contribution in [0.3, 0.4) is 0 Å². The van der Waals surface area contributed by atoms with Crippen LogP contribution in [-0.4, -0.2) is 67.9 Å². The van der Waals surface area contributed by atoms with Crippen molar-refractivity contribution in [3.8, 4) is 0 Å². The van der Waals surface area contributed by atoms with Gasteiger partial charge in [0, 0.05) is 19.2 Å². The number of benzene rings is 2. The SMILES string of the molecule is C=CCOC(=O)N[C@H](CS(=O)(=O)C(CCC)CCC)C(=O)N[C@@H](Cc1cc(F)cc(F)c1)[C@H](O)CNCc1cccc(CC)c1. The van der Waals surface area contributed by atoms with Crippen molar-refractivity contribution < 1.29 is 36.6 Å². The third-order valence-corrected chi connectivity index (χ3v) is 9.61. The summed E-state index contributed by atoms with van der Waals surface area (Å²) in [6.07, 6.45) is 1.74. The molecular formula is C33H47F2N3O6S. The minimum atomic E-state index is -3.86. The van der Waals surface area contributed by atoms with E-state index in [2.05, 4.69) is 22.5 Å². The van der Waals surface area contributed by atoms with E-state index in [9.17, 15) is 31.9 Å². The summed E-state index contributed by atoms with van der Waals surface area (Å²) in [5.41, 5.74) is 2.30. The molecule has 4 N–H and O–H groups in total. The zero-order valence-electron chi connectivity index (χ0n) is 26.4. The highest BCUT2D eigenvalue weighted by molar-refractivity contribution is 7.92.